The molecule has 216 valence electrons. The van der Waals surface area contributed by atoms with Gasteiger partial charge < -0.3 is 24.8 Å². The third-order valence-corrected chi connectivity index (χ3v) is 7.00. The van der Waals surface area contributed by atoms with E-state index >= 15 is 0 Å². The Morgan fingerprint density at radius 2 is 1.69 bits per heavy atom. The Morgan fingerprint density at radius 1 is 0.952 bits per heavy atom. The molecule has 1 aliphatic rings. The van der Waals surface area contributed by atoms with Gasteiger partial charge in [-0.15, -0.1) is 0 Å². The number of imide groups is 1. The fraction of sp³-hybridized carbons (Fsp3) is 0.138. The molecule has 3 aromatic carbocycles. The maximum absolute atomic E-state index is 12.9. The SMILES string of the molecule is COC(=O)c1cc(NC(=O)CN2C(=O)S/C(=C\c3ccc(OCC(=O)Nc4ccccc4OC)cc3)C2=O)ccc1Cl. The number of halogens is 1. The van der Waals surface area contributed by atoms with E-state index in [1.54, 1.807) is 48.5 Å². The Balaban J connectivity index is 1.32. The molecule has 4 amide bonds. The van der Waals surface area contributed by atoms with Gasteiger partial charge in [-0.1, -0.05) is 35.9 Å². The summed E-state index contributed by atoms with van der Waals surface area (Å²) in [5.41, 5.74) is 1.42. The molecule has 0 radical (unpaired) electrons. The highest BCUT2D eigenvalue weighted by Crippen LogP contribution is 2.32. The van der Waals surface area contributed by atoms with Crippen molar-refractivity contribution >= 4 is 69.7 Å². The molecule has 0 atom stereocenters. The molecule has 4 rings (SSSR count). The van der Waals surface area contributed by atoms with E-state index in [1.165, 1.54) is 38.5 Å². The molecule has 1 aliphatic heterocycles. The first-order valence-electron chi connectivity index (χ1n) is 12.3. The van der Waals surface area contributed by atoms with Crippen molar-refractivity contribution in [2.75, 3.05) is 38.0 Å². The molecule has 42 heavy (non-hydrogen) atoms. The van der Waals surface area contributed by atoms with Crippen molar-refractivity contribution in [3.8, 4) is 11.5 Å². The Hall–Kier alpha value is -4.81. The first-order chi connectivity index (χ1) is 20.2. The van der Waals surface area contributed by atoms with Crippen LogP contribution < -0.4 is 20.1 Å². The second-order valence-corrected chi connectivity index (χ2v) is 10.0. The average molecular weight is 610 g/mol. The molecular weight excluding hydrogens is 586 g/mol. The Morgan fingerprint density at radius 3 is 2.40 bits per heavy atom. The zero-order valence-electron chi connectivity index (χ0n) is 22.3. The largest absolute Gasteiger partial charge is 0.495 e. The molecule has 0 aliphatic carbocycles. The summed E-state index contributed by atoms with van der Waals surface area (Å²) in [6.07, 6.45) is 1.52. The van der Waals surface area contributed by atoms with Gasteiger partial charge in [0.25, 0.3) is 17.1 Å². The van der Waals surface area contributed by atoms with E-state index in [2.05, 4.69) is 15.4 Å². The van der Waals surface area contributed by atoms with Crippen LogP contribution in [0.15, 0.2) is 71.6 Å². The van der Waals surface area contributed by atoms with Crippen LogP contribution in [0.4, 0.5) is 16.2 Å². The van der Waals surface area contributed by atoms with Crippen molar-refractivity contribution in [3.05, 3.63) is 87.8 Å². The summed E-state index contributed by atoms with van der Waals surface area (Å²) < 4.78 is 15.4. The number of rotatable bonds is 10. The number of para-hydroxylation sites is 2. The number of nitrogens with one attached hydrogen (secondary N) is 2. The molecule has 11 nitrogen and oxygen atoms in total. The molecule has 0 unspecified atom stereocenters. The maximum atomic E-state index is 12.9. The predicted octanol–water partition coefficient (Wildman–Crippen LogP) is 4.83. The molecular formula is C29H24ClN3O8S. The quantitative estimate of drug-likeness (QED) is 0.244. The van der Waals surface area contributed by atoms with Gasteiger partial charge in [0.05, 0.1) is 35.4 Å². The molecule has 3 aromatic rings. The monoisotopic (exact) mass is 609 g/mol. The van der Waals surface area contributed by atoms with Crippen molar-refractivity contribution < 1.29 is 38.2 Å². The maximum Gasteiger partial charge on any atom is 0.339 e. The van der Waals surface area contributed by atoms with Gasteiger partial charge in [-0.2, -0.15) is 0 Å². The van der Waals surface area contributed by atoms with E-state index in [0.29, 0.717) is 34.5 Å². The van der Waals surface area contributed by atoms with Crippen molar-refractivity contribution in [2.45, 2.75) is 0 Å². The van der Waals surface area contributed by atoms with Crippen LogP contribution in [0.5, 0.6) is 11.5 Å². The van der Waals surface area contributed by atoms with Gasteiger partial charge in [0.2, 0.25) is 5.91 Å². The second kappa shape index (κ2) is 13.7. The van der Waals surface area contributed by atoms with Crippen molar-refractivity contribution in [1.82, 2.24) is 4.90 Å². The first-order valence-corrected chi connectivity index (χ1v) is 13.5. The van der Waals surface area contributed by atoms with E-state index in [9.17, 15) is 24.0 Å². The third-order valence-electron chi connectivity index (χ3n) is 5.76. The van der Waals surface area contributed by atoms with E-state index in [0.717, 1.165) is 4.90 Å². The number of methoxy groups -OCH3 is 2. The van der Waals surface area contributed by atoms with Crippen LogP contribution in [-0.2, 0) is 19.1 Å². The predicted molar refractivity (Wildman–Crippen MR) is 158 cm³/mol. The second-order valence-electron chi connectivity index (χ2n) is 8.61. The summed E-state index contributed by atoms with van der Waals surface area (Å²) in [4.78, 5) is 62.9. The summed E-state index contributed by atoms with van der Waals surface area (Å²) in [5, 5.41) is 4.79. The lowest BCUT2D eigenvalue weighted by Gasteiger charge is -2.13. The molecule has 0 bridgehead atoms. The van der Waals surface area contributed by atoms with Crippen LogP contribution in [0, 0.1) is 0 Å². The van der Waals surface area contributed by atoms with Gasteiger partial charge in [0, 0.05) is 5.69 Å². The molecule has 13 heteroatoms. The lowest BCUT2D eigenvalue weighted by molar-refractivity contribution is -0.127. The average Bonchev–Trinajstić information content (AvgIpc) is 3.24. The summed E-state index contributed by atoms with van der Waals surface area (Å²) in [6.45, 7) is -0.764. The standard InChI is InChI=1S/C29H24ClN3O8S/c1-39-23-6-4-3-5-22(23)32-26(35)16-41-19-10-7-17(8-11-19)13-24-27(36)33(29(38)42-24)15-25(34)31-18-9-12-21(30)20(14-18)28(37)40-2/h3-14H,15-16H2,1-2H3,(H,31,34)(H,32,35)/b24-13-. The molecule has 2 N–H and O–H groups in total. The Labute approximate surface area is 249 Å². The number of carbonyl (C=O) groups excluding carboxylic acids is 5. The fourth-order valence-electron chi connectivity index (χ4n) is 3.74. The number of ether oxygens (including phenoxy) is 3. The highest BCUT2D eigenvalue weighted by Gasteiger charge is 2.36. The molecule has 1 fully saturated rings. The van der Waals surface area contributed by atoms with E-state index in [4.69, 9.17) is 21.1 Å². The molecule has 1 heterocycles. The van der Waals surface area contributed by atoms with Gasteiger partial charge >= 0.3 is 5.97 Å². The van der Waals surface area contributed by atoms with Crippen LogP contribution in [0.2, 0.25) is 5.02 Å². The van der Waals surface area contributed by atoms with Crippen LogP contribution >= 0.6 is 23.4 Å². The minimum Gasteiger partial charge on any atom is -0.495 e. The number of anilines is 2. The zero-order valence-corrected chi connectivity index (χ0v) is 23.9. The van der Waals surface area contributed by atoms with Crippen LogP contribution in [0.1, 0.15) is 15.9 Å². The summed E-state index contributed by atoms with van der Waals surface area (Å²) in [5.74, 6) is -1.38. The topological polar surface area (TPSA) is 140 Å². The van der Waals surface area contributed by atoms with Gasteiger partial charge in [0.1, 0.15) is 18.0 Å². The number of hydrogen-bond acceptors (Lipinski definition) is 9. The van der Waals surface area contributed by atoms with Gasteiger partial charge in [-0.05, 0) is 65.9 Å². The van der Waals surface area contributed by atoms with Gasteiger partial charge in [-0.3, -0.25) is 24.1 Å². The summed E-state index contributed by atoms with van der Waals surface area (Å²) in [7, 11) is 2.71. The normalized spacial score (nSPS) is 13.6. The Kier molecular flexibility index (Phi) is 9.84. The molecule has 0 aromatic heterocycles. The third kappa shape index (κ3) is 7.47. The van der Waals surface area contributed by atoms with Crippen LogP contribution in [-0.4, -0.2) is 61.2 Å². The van der Waals surface area contributed by atoms with E-state index in [-0.39, 0.29) is 33.7 Å². The highest BCUT2D eigenvalue weighted by atomic mass is 35.5. The van der Waals surface area contributed by atoms with Gasteiger partial charge in [0.15, 0.2) is 6.61 Å². The number of esters is 1. The first kappa shape index (κ1) is 30.2. The number of thioether (sulfide) groups is 1. The fourth-order valence-corrected chi connectivity index (χ4v) is 4.78. The molecule has 0 saturated carbocycles. The number of hydrogen-bond donors (Lipinski definition) is 2. The summed E-state index contributed by atoms with van der Waals surface area (Å²) >= 11 is 6.69. The van der Waals surface area contributed by atoms with E-state index in [1.807, 2.05) is 0 Å². The van der Waals surface area contributed by atoms with Crippen LogP contribution in [0.25, 0.3) is 6.08 Å². The number of nitrogens with zero attached hydrogens (tertiary/aromatic N) is 1. The highest BCUT2D eigenvalue weighted by molar-refractivity contribution is 8.18. The minimum atomic E-state index is -0.679. The number of amides is 4. The Bertz CT molecular complexity index is 1580. The molecule has 1 saturated heterocycles. The van der Waals surface area contributed by atoms with E-state index < -0.39 is 29.6 Å². The lowest BCUT2D eigenvalue weighted by Crippen LogP contribution is -2.36. The lowest BCUT2D eigenvalue weighted by atomic mass is 10.2. The number of carbonyl (C=O) groups is 5. The van der Waals surface area contributed by atoms with Gasteiger partial charge in [-0.25, -0.2) is 4.79 Å². The number of benzene rings is 3. The summed E-state index contributed by atoms with van der Waals surface area (Å²) in [6, 6.07) is 17.8. The van der Waals surface area contributed by atoms with Crippen molar-refractivity contribution in [1.29, 1.82) is 0 Å². The van der Waals surface area contributed by atoms with Crippen molar-refractivity contribution in [3.63, 3.8) is 0 Å². The van der Waals surface area contributed by atoms with Crippen molar-refractivity contribution in [2.24, 2.45) is 0 Å². The minimum absolute atomic E-state index is 0.0543. The smallest absolute Gasteiger partial charge is 0.339 e. The van der Waals surface area contributed by atoms with Crippen LogP contribution in [0.3, 0.4) is 0 Å². The zero-order chi connectivity index (χ0) is 30.2. The molecule has 0 spiro atoms.